The minimum atomic E-state index is -1.65. The van der Waals surface area contributed by atoms with Crippen LogP contribution in [0.4, 0.5) is 0 Å². The molecular weight excluding hydrogens is 419 g/mol. The van der Waals surface area contributed by atoms with E-state index in [4.69, 9.17) is 5.11 Å². The highest BCUT2D eigenvalue weighted by molar-refractivity contribution is 7.95. The van der Waals surface area contributed by atoms with Crippen molar-refractivity contribution >= 4 is 23.2 Å². The van der Waals surface area contributed by atoms with E-state index in [0.717, 1.165) is 7.11 Å². The van der Waals surface area contributed by atoms with Crippen molar-refractivity contribution in [2.24, 2.45) is 5.41 Å². The van der Waals surface area contributed by atoms with Crippen molar-refractivity contribution in [2.45, 2.75) is 68.7 Å². The van der Waals surface area contributed by atoms with Crippen molar-refractivity contribution in [3.8, 4) is 0 Å². The van der Waals surface area contributed by atoms with Crippen LogP contribution in [0.1, 0.15) is 68.7 Å². The number of aliphatic hydroxyl groups is 1. The fourth-order valence-corrected chi connectivity index (χ4v) is 8.10. The van der Waals surface area contributed by atoms with Crippen molar-refractivity contribution in [3.05, 3.63) is 91.0 Å². The van der Waals surface area contributed by atoms with Gasteiger partial charge in [-0.25, -0.2) is 0 Å². The molecule has 0 saturated heterocycles. The molecule has 3 aromatic rings. The highest BCUT2D eigenvalue weighted by Crippen LogP contribution is 2.56. The Morgan fingerprint density at radius 2 is 0.758 bits per heavy atom. The molecule has 0 spiro atoms. The number of benzene rings is 3. The summed E-state index contributed by atoms with van der Waals surface area (Å²) >= 11 is 0. The van der Waals surface area contributed by atoms with Gasteiger partial charge in [-0.3, -0.25) is 0 Å². The Morgan fingerprint density at radius 1 is 0.515 bits per heavy atom. The summed E-state index contributed by atoms with van der Waals surface area (Å²) in [6, 6.07) is 33.5. The van der Waals surface area contributed by atoms with E-state index >= 15 is 0 Å². The molecule has 184 valence electrons. The second-order valence-electron chi connectivity index (χ2n) is 7.85. The maximum absolute atomic E-state index is 7.00. The molecule has 0 heterocycles. The first-order valence-corrected chi connectivity index (χ1v) is 14.5. The molecule has 3 rings (SSSR count). The molecule has 1 nitrogen and oxygen atoms in total. The van der Waals surface area contributed by atoms with Crippen LogP contribution in [0.2, 0.25) is 0 Å². The Hall–Kier alpha value is -1.95. The first-order chi connectivity index (χ1) is 16.0. The van der Waals surface area contributed by atoms with Crippen LogP contribution in [-0.4, -0.2) is 18.4 Å². The van der Waals surface area contributed by atoms with Gasteiger partial charge in [-0.15, -0.1) is 0 Å². The molecule has 33 heavy (non-hydrogen) atoms. The van der Waals surface area contributed by atoms with Gasteiger partial charge in [-0.05, 0) is 48.2 Å². The summed E-state index contributed by atoms with van der Waals surface area (Å²) < 4.78 is 0. The van der Waals surface area contributed by atoms with E-state index in [2.05, 4.69) is 112 Å². The summed E-state index contributed by atoms with van der Waals surface area (Å²) in [5.74, 6) is 0. The molecule has 0 radical (unpaired) electrons. The van der Waals surface area contributed by atoms with Gasteiger partial charge in [0, 0.05) is 7.11 Å². The van der Waals surface area contributed by atoms with Gasteiger partial charge in [0.2, 0.25) is 0 Å². The molecule has 0 unspecified atom stereocenters. The van der Waals surface area contributed by atoms with Crippen LogP contribution in [0.5, 0.6) is 0 Å². The minimum absolute atomic E-state index is 0.323. The predicted octanol–water partition coefficient (Wildman–Crippen LogP) is 8.10. The van der Waals surface area contributed by atoms with Gasteiger partial charge in [0.25, 0.3) is 0 Å². The smallest absolute Gasteiger partial charge is 0.112 e. The Balaban J connectivity index is 0. The van der Waals surface area contributed by atoms with Crippen LogP contribution in [0, 0.1) is 5.41 Å². The molecule has 3 aromatic carbocycles. The third-order valence-corrected chi connectivity index (χ3v) is 9.22. The highest BCUT2D eigenvalue weighted by Gasteiger charge is 2.45. The van der Waals surface area contributed by atoms with Gasteiger partial charge in [-0.1, -0.05) is 117 Å². The molecule has 0 aromatic heterocycles. The Kier molecular flexibility index (Phi) is 19.6. The molecule has 0 saturated carbocycles. The lowest BCUT2D eigenvalue weighted by Crippen LogP contribution is -2.34. The molecule has 0 atom stereocenters. The van der Waals surface area contributed by atoms with Crippen LogP contribution < -0.4 is 15.9 Å². The zero-order valence-corrected chi connectivity index (χ0v) is 23.9. The van der Waals surface area contributed by atoms with Crippen molar-refractivity contribution < 1.29 is 5.11 Å². The molecular formula is C31H50OP+. The SMILES string of the molecule is CC.CC.CC.CC(C)(C)CC[P+](c1ccccc1)(c1ccccc1)c1ccccc1.CO. The number of hydrogen-bond donors (Lipinski definition) is 1. The fraction of sp³-hybridized carbons (Fsp3) is 0.419. The van der Waals surface area contributed by atoms with Crippen molar-refractivity contribution in [1.82, 2.24) is 0 Å². The lowest BCUT2D eigenvalue weighted by atomic mass is 9.94. The fourth-order valence-electron chi connectivity index (χ4n) is 3.39. The van der Waals surface area contributed by atoms with Gasteiger partial charge >= 0.3 is 0 Å². The molecule has 2 heteroatoms. The lowest BCUT2D eigenvalue weighted by molar-refractivity contribution is 0.399. The van der Waals surface area contributed by atoms with Crippen LogP contribution in [0.3, 0.4) is 0 Å². The van der Waals surface area contributed by atoms with Crippen LogP contribution in [0.15, 0.2) is 91.0 Å². The molecule has 1 N–H and O–H groups in total. The minimum Gasteiger partial charge on any atom is -0.400 e. The highest BCUT2D eigenvalue weighted by atomic mass is 31.2. The quantitative estimate of drug-likeness (QED) is 0.374. The molecule has 0 fully saturated rings. The van der Waals surface area contributed by atoms with Gasteiger partial charge in [0.15, 0.2) is 0 Å². The van der Waals surface area contributed by atoms with E-state index < -0.39 is 7.26 Å². The summed E-state index contributed by atoms with van der Waals surface area (Å²) in [6.45, 7) is 19.0. The second kappa shape index (κ2) is 19.5. The van der Waals surface area contributed by atoms with E-state index in [-0.39, 0.29) is 0 Å². The maximum atomic E-state index is 7.00. The molecule has 0 amide bonds. The van der Waals surface area contributed by atoms with Crippen molar-refractivity contribution in [3.63, 3.8) is 0 Å². The Bertz CT molecular complexity index is 681. The van der Waals surface area contributed by atoms with E-state index in [1.165, 1.54) is 28.5 Å². The molecule has 0 bridgehead atoms. The topological polar surface area (TPSA) is 20.2 Å². The summed E-state index contributed by atoms with van der Waals surface area (Å²) in [7, 11) is -0.650. The molecule has 0 aliphatic rings. The number of hydrogen-bond acceptors (Lipinski definition) is 1. The summed E-state index contributed by atoms with van der Waals surface area (Å²) in [5, 5.41) is 11.4. The first-order valence-electron chi connectivity index (χ1n) is 12.5. The van der Waals surface area contributed by atoms with E-state index in [0.29, 0.717) is 5.41 Å². The molecule has 0 aliphatic heterocycles. The van der Waals surface area contributed by atoms with E-state index in [1.807, 2.05) is 41.5 Å². The number of rotatable bonds is 5. The maximum Gasteiger partial charge on any atom is 0.112 e. The zero-order chi connectivity index (χ0) is 25.8. The van der Waals surface area contributed by atoms with Gasteiger partial charge in [0.1, 0.15) is 23.2 Å². The van der Waals surface area contributed by atoms with Crippen LogP contribution in [0.25, 0.3) is 0 Å². The van der Waals surface area contributed by atoms with Crippen molar-refractivity contribution in [2.75, 3.05) is 13.3 Å². The van der Waals surface area contributed by atoms with Crippen LogP contribution in [-0.2, 0) is 0 Å². The van der Waals surface area contributed by atoms with Gasteiger partial charge in [-0.2, -0.15) is 0 Å². The monoisotopic (exact) mass is 469 g/mol. The normalized spacial score (nSPS) is 9.91. The van der Waals surface area contributed by atoms with Gasteiger partial charge in [0.05, 0.1) is 6.16 Å². The zero-order valence-electron chi connectivity index (χ0n) is 23.0. The third-order valence-electron chi connectivity index (χ3n) is 4.79. The third kappa shape index (κ3) is 10.7. The number of aliphatic hydroxyl groups excluding tert-OH is 1. The van der Waals surface area contributed by atoms with E-state index in [9.17, 15) is 0 Å². The van der Waals surface area contributed by atoms with E-state index in [1.54, 1.807) is 0 Å². The first kappa shape index (κ1) is 33.2. The average Bonchev–Trinajstić information content (AvgIpc) is 2.90. The summed E-state index contributed by atoms with van der Waals surface area (Å²) in [6.07, 6.45) is 2.41. The molecule has 0 aliphatic carbocycles. The summed E-state index contributed by atoms with van der Waals surface area (Å²) in [4.78, 5) is 0. The van der Waals surface area contributed by atoms with Gasteiger partial charge < -0.3 is 5.11 Å². The van der Waals surface area contributed by atoms with Crippen molar-refractivity contribution in [1.29, 1.82) is 0 Å². The largest absolute Gasteiger partial charge is 0.400 e. The second-order valence-corrected chi connectivity index (χ2v) is 11.5. The summed E-state index contributed by atoms with van der Waals surface area (Å²) in [5.41, 5.74) is 0.323. The standard InChI is InChI=1S/C24H28P.3C2H6.CH4O/c1-24(2,3)19-20-25(21-13-7-4-8-14-21,22-15-9-5-10-16-22)23-17-11-6-12-18-23;4*1-2/h4-18H,19-20H2,1-3H3;3*1-2H3;2H,1H3/q+1;;;;. The lowest BCUT2D eigenvalue weighted by Gasteiger charge is -2.30. The van der Waals surface area contributed by atoms with Crippen LogP contribution >= 0.6 is 7.26 Å². The average molecular weight is 470 g/mol. The Labute approximate surface area is 206 Å². The predicted molar refractivity (Wildman–Crippen MR) is 156 cm³/mol. The Morgan fingerprint density at radius 3 is 0.970 bits per heavy atom.